The molecule has 1 rings (SSSR count). The Balaban J connectivity index is 2.29. The van der Waals surface area contributed by atoms with E-state index in [1.807, 2.05) is 12.1 Å². The van der Waals surface area contributed by atoms with E-state index in [9.17, 15) is 9.59 Å². The molecule has 1 aromatic rings. The Morgan fingerprint density at radius 3 is 2.48 bits per heavy atom. The minimum atomic E-state index is -0.0937. The van der Waals surface area contributed by atoms with Gasteiger partial charge < -0.3 is 15.7 Å². The fourth-order valence-electron chi connectivity index (χ4n) is 1.61. The number of hydrogen-bond acceptors (Lipinski definition) is 4. The van der Waals surface area contributed by atoms with Crippen LogP contribution >= 0.6 is 11.8 Å². The summed E-state index contributed by atoms with van der Waals surface area (Å²) in [5, 5.41) is 14.2. The lowest BCUT2D eigenvalue weighted by atomic mass is 10.1. The van der Waals surface area contributed by atoms with Gasteiger partial charge >= 0.3 is 0 Å². The van der Waals surface area contributed by atoms with Gasteiger partial charge in [-0.15, -0.1) is 0 Å². The molecule has 0 atom stereocenters. The number of thioether (sulfide) groups is 1. The molecule has 1 aromatic carbocycles. The van der Waals surface area contributed by atoms with Crippen molar-refractivity contribution in [2.45, 2.75) is 19.9 Å². The van der Waals surface area contributed by atoms with Gasteiger partial charge in [-0.2, -0.15) is 11.8 Å². The average Bonchev–Trinajstić information content (AvgIpc) is 2.49. The number of rotatable bonds is 9. The van der Waals surface area contributed by atoms with Gasteiger partial charge in [0.15, 0.2) is 0 Å². The van der Waals surface area contributed by atoms with Crippen LogP contribution in [0.2, 0.25) is 0 Å². The Hall–Kier alpha value is -1.53. The van der Waals surface area contributed by atoms with Crippen molar-refractivity contribution in [3.8, 4) is 0 Å². The summed E-state index contributed by atoms with van der Waals surface area (Å²) in [5.74, 6) is 1.58. The summed E-state index contributed by atoms with van der Waals surface area (Å²) in [7, 11) is 0. The maximum absolute atomic E-state index is 11.9. The summed E-state index contributed by atoms with van der Waals surface area (Å²) in [6, 6.07) is 7.18. The van der Waals surface area contributed by atoms with Crippen LogP contribution in [0.3, 0.4) is 0 Å². The standard InChI is InChI=1S/C15H22N2O3S/c1-12(19)17-11-13-3-5-14(6-4-13)15(20)16-7-10-21-9-2-8-18/h3-6,18H,2,7-11H2,1H3,(H,16,20)(H,17,19). The van der Waals surface area contributed by atoms with Crippen LogP contribution in [0.15, 0.2) is 24.3 Å². The Morgan fingerprint density at radius 2 is 1.86 bits per heavy atom. The first-order valence-corrected chi connectivity index (χ1v) is 8.09. The topological polar surface area (TPSA) is 78.4 Å². The van der Waals surface area contributed by atoms with Gasteiger partial charge in [0.1, 0.15) is 0 Å². The van der Waals surface area contributed by atoms with Gasteiger partial charge in [0, 0.05) is 37.9 Å². The van der Waals surface area contributed by atoms with Crippen LogP contribution in [0, 0.1) is 0 Å². The number of benzene rings is 1. The number of carbonyl (C=O) groups excluding carboxylic acids is 2. The molecular formula is C15H22N2O3S. The van der Waals surface area contributed by atoms with E-state index in [2.05, 4.69) is 10.6 Å². The van der Waals surface area contributed by atoms with E-state index in [0.29, 0.717) is 18.7 Å². The maximum atomic E-state index is 11.9. The normalized spacial score (nSPS) is 10.2. The molecule has 0 aliphatic carbocycles. The van der Waals surface area contributed by atoms with Gasteiger partial charge in [0.05, 0.1) is 0 Å². The summed E-state index contributed by atoms with van der Waals surface area (Å²) >= 11 is 1.71. The summed E-state index contributed by atoms with van der Waals surface area (Å²) in [6.07, 6.45) is 0.786. The number of aliphatic hydroxyl groups is 1. The second kappa shape index (κ2) is 10.2. The zero-order chi connectivity index (χ0) is 15.5. The van der Waals surface area contributed by atoms with Crippen molar-refractivity contribution in [2.75, 3.05) is 24.7 Å². The number of hydrogen-bond donors (Lipinski definition) is 3. The predicted molar refractivity (Wildman–Crippen MR) is 85.3 cm³/mol. The summed E-state index contributed by atoms with van der Waals surface area (Å²) in [5.41, 5.74) is 1.57. The van der Waals surface area contributed by atoms with Gasteiger partial charge in [0.2, 0.25) is 5.91 Å². The number of carbonyl (C=O) groups is 2. The first kappa shape index (κ1) is 17.5. The molecule has 0 radical (unpaired) electrons. The molecule has 0 bridgehead atoms. The molecule has 0 aromatic heterocycles. The molecule has 0 aliphatic rings. The van der Waals surface area contributed by atoms with E-state index < -0.39 is 0 Å². The highest BCUT2D eigenvalue weighted by Gasteiger charge is 2.04. The van der Waals surface area contributed by atoms with Crippen LogP contribution in [0.4, 0.5) is 0 Å². The fourth-order valence-corrected chi connectivity index (χ4v) is 2.39. The van der Waals surface area contributed by atoms with Crippen molar-refractivity contribution >= 4 is 23.6 Å². The quantitative estimate of drug-likeness (QED) is 0.598. The van der Waals surface area contributed by atoms with E-state index >= 15 is 0 Å². The van der Waals surface area contributed by atoms with Gasteiger partial charge in [-0.1, -0.05) is 12.1 Å². The average molecular weight is 310 g/mol. The molecule has 6 heteroatoms. The Kier molecular flexibility index (Phi) is 8.54. The maximum Gasteiger partial charge on any atom is 0.251 e. The van der Waals surface area contributed by atoms with Crippen LogP contribution in [-0.2, 0) is 11.3 Å². The van der Waals surface area contributed by atoms with Crippen molar-refractivity contribution in [1.29, 1.82) is 0 Å². The van der Waals surface area contributed by atoms with Crippen molar-refractivity contribution in [1.82, 2.24) is 10.6 Å². The van der Waals surface area contributed by atoms with E-state index in [1.54, 1.807) is 23.9 Å². The SMILES string of the molecule is CC(=O)NCc1ccc(C(=O)NCCSCCCO)cc1. The minimum Gasteiger partial charge on any atom is -0.396 e. The van der Waals surface area contributed by atoms with Crippen molar-refractivity contribution in [2.24, 2.45) is 0 Å². The van der Waals surface area contributed by atoms with Gasteiger partial charge in [-0.05, 0) is 29.9 Å². The fraction of sp³-hybridized carbons (Fsp3) is 0.467. The van der Waals surface area contributed by atoms with Crippen LogP contribution in [0.1, 0.15) is 29.3 Å². The smallest absolute Gasteiger partial charge is 0.251 e. The lowest BCUT2D eigenvalue weighted by molar-refractivity contribution is -0.119. The highest BCUT2D eigenvalue weighted by atomic mass is 32.2. The highest BCUT2D eigenvalue weighted by Crippen LogP contribution is 2.05. The third-order valence-electron chi connectivity index (χ3n) is 2.74. The monoisotopic (exact) mass is 310 g/mol. The van der Waals surface area contributed by atoms with E-state index in [-0.39, 0.29) is 18.4 Å². The van der Waals surface area contributed by atoms with Crippen molar-refractivity contribution in [3.63, 3.8) is 0 Å². The molecule has 0 saturated carbocycles. The Bertz CT molecular complexity index is 449. The zero-order valence-corrected chi connectivity index (χ0v) is 13.0. The molecule has 0 aliphatic heterocycles. The summed E-state index contributed by atoms with van der Waals surface area (Å²) in [4.78, 5) is 22.7. The van der Waals surface area contributed by atoms with E-state index in [1.165, 1.54) is 6.92 Å². The molecule has 0 saturated heterocycles. The molecule has 2 amide bonds. The first-order chi connectivity index (χ1) is 10.1. The molecule has 0 unspecified atom stereocenters. The first-order valence-electron chi connectivity index (χ1n) is 6.93. The molecule has 0 spiro atoms. The molecule has 0 heterocycles. The molecule has 116 valence electrons. The number of aliphatic hydroxyl groups excluding tert-OH is 1. The molecule has 0 fully saturated rings. The largest absolute Gasteiger partial charge is 0.396 e. The number of amides is 2. The second-order valence-corrected chi connectivity index (χ2v) is 5.78. The van der Waals surface area contributed by atoms with Crippen LogP contribution in [-0.4, -0.2) is 41.6 Å². The van der Waals surface area contributed by atoms with Crippen LogP contribution in [0.25, 0.3) is 0 Å². The zero-order valence-electron chi connectivity index (χ0n) is 12.2. The molecule has 5 nitrogen and oxygen atoms in total. The molecular weight excluding hydrogens is 288 g/mol. The third kappa shape index (κ3) is 7.72. The molecule has 21 heavy (non-hydrogen) atoms. The van der Waals surface area contributed by atoms with Gasteiger partial charge in [0.25, 0.3) is 5.91 Å². The van der Waals surface area contributed by atoms with Crippen LogP contribution < -0.4 is 10.6 Å². The lowest BCUT2D eigenvalue weighted by Crippen LogP contribution is -2.26. The van der Waals surface area contributed by atoms with Crippen molar-refractivity contribution in [3.05, 3.63) is 35.4 Å². The van der Waals surface area contributed by atoms with Gasteiger partial charge in [-0.25, -0.2) is 0 Å². The summed E-state index contributed by atoms with van der Waals surface area (Å²) in [6.45, 7) is 2.77. The number of nitrogens with one attached hydrogen (secondary N) is 2. The Labute approximate surface area is 129 Å². The van der Waals surface area contributed by atoms with E-state index in [0.717, 1.165) is 23.5 Å². The minimum absolute atomic E-state index is 0.0736. The van der Waals surface area contributed by atoms with E-state index in [4.69, 9.17) is 5.11 Å². The highest BCUT2D eigenvalue weighted by molar-refractivity contribution is 7.99. The Morgan fingerprint density at radius 1 is 1.14 bits per heavy atom. The summed E-state index contributed by atoms with van der Waals surface area (Å²) < 4.78 is 0. The van der Waals surface area contributed by atoms with Crippen LogP contribution in [0.5, 0.6) is 0 Å². The second-order valence-electron chi connectivity index (χ2n) is 4.55. The predicted octanol–water partition coefficient (Wildman–Crippen LogP) is 1.17. The van der Waals surface area contributed by atoms with Gasteiger partial charge in [-0.3, -0.25) is 9.59 Å². The lowest BCUT2D eigenvalue weighted by Gasteiger charge is -2.06. The molecule has 3 N–H and O–H groups in total. The van der Waals surface area contributed by atoms with Crippen molar-refractivity contribution < 1.29 is 14.7 Å². The third-order valence-corrected chi connectivity index (χ3v) is 3.81.